The van der Waals surface area contributed by atoms with Crippen LogP contribution in [0.25, 0.3) is 0 Å². The summed E-state index contributed by atoms with van der Waals surface area (Å²) in [6, 6.07) is 0.0910. The summed E-state index contributed by atoms with van der Waals surface area (Å²) in [7, 11) is 0. The molecule has 0 amide bonds. The van der Waals surface area contributed by atoms with Gasteiger partial charge in [-0.15, -0.1) is 6.58 Å². The first-order valence-corrected chi connectivity index (χ1v) is 4.18. The van der Waals surface area contributed by atoms with Gasteiger partial charge in [0.25, 0.3) is 0 Å². The van der Waals surface area contributed by atoms with Crippen LogP contribution in [0.3, 0.4) is 0 Å². The van der Waals surface area contributed by atoms with Gasteiger partial charge in [-0.1, -0.05) is 6.08 Å². The normalized spacial score (nSPS) is 12.2. The second-order valence-corrected chi connectivity index (χ2v) is 2.95. The van der Waals surface area contributed by atoms with Crippen LogP contribution in [-0.4, -0.2) is 16.0 Å². The SMILES string of the molecule is C=CC(C)Nc1nc(Cl)ncc1N. The molecule has 0 saturated heterocycles. The van der Waals surface area contributed by atoms with Crippen molar-refractivity contribution in [1.82, 2.24) is 9.97 Å². The van der Waals surface area contributed by atoms with Crippen molar-refractivity contribution in [2.24, 2.45) is 0 Å². The molecule has 0 aliphatic carbocycles. The standard InChI is InChI=1S/C8H11ClN4/c1-3-5(2)12-7-6(10)4-11-8(9)13-7/h3-5H,1,10H2,2H3,(H,11,12,13). The Labute approximate surface area is 81.8 Å². The lowest BCUT2D eigenvalue weighted by atomic mass is 10.3. The van der Waals surface area contributed by atoms with Crippen molar-refractivity contribution in [3.8, 4) is 0 Å². The number of hydrogen-bond donors (Lipinski definition) is 2. The Balaban J connectivity index is 2.86. The molecule has 1 heterocycles. The van der Waals surface area contributed by atoms with Crippen molar-refractivity contribution in [3.05, 3.63) is 24.1 Å². The monoisotopic (exact) mass is 198 g/mol. The van der Waals surface area contributed by atoms with Crippen molar-refractivity contribution >= 4 is 23.1 Å². The summed E-state index contributed by atoms with van der Waals surface area (Å²) >= 11 is 5.60. The van der Waals surface area contributed by atoms with Crippen LogP contribution in [0.2, 0.25) is 5.28 Å². The molecular formula is C8H11ClN4. The summed E-state index contributed by atoms with van der Waals surface area (Å²) in [6.07, 6.45) is 3.21. The highest BCUT2D eigenvalue weighted by Crippen LogP contribution is 2.16. The van der Waals surface area contributed by atoms with E-state index in [1.165, 1.54) is 6.20 Å². The minimum absolute atomic E-state index is 0.0910. The van der Waals surface area contributed by atoms with Crippen LogP contribution < -0.4 is 11.1 Å². The van der Waals surface area contributed by atoms with Crippen LogP contribution >= 0.6 is 11.6 Å². The third-order valence-corrected chi connectivity index (χ3v) is 1.69. The zero-order valence-corrected chi connectivity index (χ0v) is 8.04. The third-order valence-electron chi connectivity index (χ3n) is 1.51. The van der Waals surface area contributed by atoms with Crippen LogP contribution in [0, 0.1) is 0 Å². The van der Waals surface area contributed by atoms with Crippen LogP contribution in [0.4, 0.5) is 11.5 Å². The van der Waals surface area contributed by atoms with Crippen molar-refractivity contribution in [1.29, 1.82) is 0 Å². The van der Waals surface area contributed by atoms with Gasteiger partial charge in [0.1, 0.15) is 0 Å². The number of nitrogens with two attached hydrogens (primary N) is 1. The molecule has 1 aromatic rings. The average Bonchev–Trinajstić information content (AvgIpc) is 2.11. The molecule has 0 spiro atoms. The van der Waals surface area contributed by atoms with Gasteiger partial charge in [0.05, 0.1) is 11.9 Å². The molecule has 0 aliphatic rings. The van der Waals surface area contributed by atoms with Gasteiger partial charge in [0.2, 0.25) is 5.28 Å². The predicted octanol–water partition coefficient (Wildman–Crippen LogP) is 1.70. The Morgan fingerprint density at radius 2 is 2.46 bits per heavy atom. The van der Waals surface area contributed by atoms with Crippen LogP contribution in [-0.2, 0) is 0 Å². The van der Waals surface area contributed by atoms with E-state index >= 15 is 0 Å². The average molecular weight is 199 g/mol. The van der Waals surface area contributed by atoms with E-state index in [9.17, 15) is 0 Å². The molecule has 0 radical (unpaired) electrons. The molecular weight excluding hydrogens is 188 g/mol. The summed E-state index contributed by atoms with van der Waals surface area (Å²) in [5, 5.41) is 3.20. The molecule has 13 heavy (non-hydrogen) atoms. The first-order valence-electron chi connectivity index (χ1n) is 3.80. The Kier molecular flexibility index (Phi) is 3.08. The van der Waals surface area contributed by atoms with Gasteiger partial charge in [-0.25, -0.2) is 4.98 Å². The highest BCUT2D eigenvalue weighted by Gasteiger charge is 2.04. The lowest BCUT2D eigenvalue weighted by molar-refractivity contribution is 0.978. The Bertz CT molecular complexity index is 313. The maximum absolute atomic E-state index is 5.61. The second-order valence-electron chi connectivity index (χ2n) is 2.61. The van der Waals surface area contributed by atoms with E-state index < -0.39 is 0 Å². The van der Waals surface area contributed by atoms with Gasteiger partial charge in [-0.3, -0.25) is 0 Å². The number of nitrogens with zero attached hydrogens (tertiary/aromatic N) is 2. The number of anilines is 2. The third kappa shape index (κ3) is 2.59. The van der Waals surface area contributed by atoms with Crippen molar-refractivity contribution in [2.45, 2.75) is 13.0 Å². The molecule has 1 aromatic heterocycles. The number of hydrogen-bond acceptors (Lipinski definition) is 4. The smallest absolute Gasteiger partial charge is 0.224 e. The molecule has 4 nitrogen and oxygen atoms in total. The fourth-order valence-corrected chi connectivity index (χ4v) is 0.893. The molecule has 1 atom stereocenters. The summed E-state index contributed by atoms with van der Waals surface area (Å²) in [4.78, 5) is 7.67. The lowest BCUT2D eigenvalue weighted by Crippen LogP contribution is -2.14. The van der Waals surface area contributed by atoms with E-state index in [2.05, 4.69) is 21.9 Å². The van der Waals surface area contributed by atoms with E-state index in [4.69, 9.17) is 17.3 Å². The second kappa shape index (κ2) is 4.09. The van der Waals surface area contributed by atoms with Gasteiger partial charge < -0.3 is 11.1 Å². The van der Waals surface area contributed by atoms with Crippen LogP contribution in [0.5, 0.6) is 0 Å². The predicted molar refractivity (Wildman–Crippen MR) is 54.7 cm³/mol. The van der Waals surface area contributed by atoms with E-state index in [0.29, 0.717) is 11.5 Å². The molecule has 1 unspecified atom stereocenters. The highest BCUT2D eigenvalue weighted by molar-refractivity contribution is 6.28. The van der Waals surface area contributed by atoms with E-state index in [1.807, 2.05) is 6.92 Å². The number of nitrogens with one attached hydrogen (secondary N) is 1. The van der Waals surface area contributed by atoms with E-state index in [0.717, 1.165) is 0 Å². The maximum Gasteiger partial charge on any atom is 0.224 e. The number of aromatic nitrogens is 2. The summed E-state index contributed by atoms with van der Waals surface area (Å²) in [6.45, 7) is 5.56. The van der Waals surface area contributed by atoms with Gasteiger partial charge >= 0.3 is 0 Å². The molecule has 0 aromatic carbocycles. The van der Waals surface area contributed by atoms with Crippen molar-refractivity contribution in [3.63, 3.8) is 0 Å². The Morgan fingerprint density at radius 3 is 3.08 bits per heavy atom. The van der Waals surface area contributed by atoms with Crippen LogP contribution in [0.15, 0.2) is 18.9 Å². The summed E-state index contributed by atoms with van der Waals surface area (Å²) < 4.78 is 0. The van der Waals surface area contributed by atoms with Gasteiger partial charge in [-0.05, 0) is 18.5 Å². The van der Waals surface area contributed by atoms with Gasteiger partial charge in [0, 0.05) is 6.04 Å². The molecule has 70 valence electrons. The molecule has 1 rings (SSSR count). The summed E-state index contributed by atoms with van der Waals surface area (Å²) in [5.41, 5.74) is 6.08. The van der Waals surface area contributed by atoms with Crippen molar-refractivity contribution < 1.29 is 0 Å². The zero-order valence-electron chi connectivity index (χ0n) is 7.29. The first kappa shape index (κ1) is 9.80. The number of halogens is 1. The number of nitrogen functional groups attached to an aromatic ring is 1. The largest absolute Gasteiger partial charge is 0.394 e. The molecule has 0 aliphatic heterocycles. The Hall–Kier alpha value is -1.29. The minimum atomic E-state index is 0.0910. The fraction of sp³-hybridized carbons (Fsp3) is 0.250. The molecule has 0 saturated carbocycles. The van der Waals surface area contributed by atoms with E-state index in [1.54, 1.807) is 6.08 Å². The maximum atomic E-state index is 5.61. The zero-order chi connectivity index (χ0) is 9.84. The van der Waals surface area contributed by atoms with E-state index in [-0.39, 0.29) is 11.3 Å². The fourth-order valence-electron chi connectivity index (χ4n) is 0.760. The molecule has 3 N–H and O–H groups in total. The van der Waals surface area contributed by atoms with Gasteiger partial charge in [0.15, 0.2) is 5.82 Å². The topological polar surface area (TPSA) is 63.8 Å². The molecule has 5 heteroatoms. The van der Waals surface area contributed by atoms with Gasteiger partial charge in [-0.2, -0.15) is 4.98 Å². The Morgan fingerprint density at radius 1 is 1.77 bits per heavy atom. The van der Waals surface area contributed by atoms with Crippen molar-refractivity contribution in [2.75, 3.05) is 11.1 Å². The lowest BCUT2D eigenvalue weighted by Gasteiger charge is -2.11. The van der Waals surface area contributed by atoms with Crippen LogP contribution in [0.1, 0.15) is 6.92 Å². The molecule has 0 bridgehead atoms. The number of rotatable bonds is 3. The minimum Gasteiger partial charge on any atom is -0.394 e. The quantitative estimate of drug-likeness (QED) is 0.573. The summed E-state index contributed by atoms with van der Waals surface area (Å²) in [5.74, 6) is 0.535. The first-order chi connectivity index (χ1) is 6.13. The molecule has 0 fully saturated rings. The highest BCUT2D eigenvalue weighted by atomic mass is 35.5.